The second kappa shape index (κ2) is 5.89. The molecule has 0 unspecified atom stereocenters. The molecule has 0 N–H and O–H groups in total. The van der Waals surface area contributed by atoms with Crippen molar-refractivity contribution in [1.29, 1.82) is 0 Å². The van der Waals surface area contributed by atoms with E-state index in [1.807, 2.05) is 0 Å². The third-order valence-electron chi connectivity index (χ3n) is 1.80. The van der Waals surface area contributed by atoms with Crippen molar-refractivity contribution in [1.82, 2.24) is 0 Å². The van der Waals surface area contributed by atoms with Crippen LogP contribution in [0.1, 0.15) is 5.56 Å². The maximum Gasteiger partial charge on any atom is 0.340 e. The molecular formula is C10H7ClFN3O2. The number of hydrogen-bond donors (Lipinski definition) is 0. The van der Waals surface area contributed by atoms with Crippen LogP contribution < -0.4 is 0 Å². The smallest absolute Gasteiger partial charge is 0.340 e. The van der Waals surface area contributed by atoms with Crippen molar-refractivity contribution in [3.8, 4) is 0 Å². The summed E-state index contributed by atoms with van der Waals surface area (Å²) in [7, 11) is 1.14. The van der Waals surface area contributed by atoms with E-state index in [4.69, 9.17) is 17.1 Å². The van der Waals surface area contributed by atoms with Gasteiger partial charge in [0.1, 0.15) is 11.5 Å². The molecule has 0 aromatic heterocycles. The van der Waals surface area contributed by atoms with E-state index in [-0.39, 0.29) is 16.3 Å². The third kappa shape index (κ3) is 3.48. The van der Waals surface area contributed by atoms with E-state index in [1.54, 1.807) is 0 Å². The van der Waals surface area contributed by atoms with Gasteiger partial charge in [-0.2, -0.15) is 0 Å². The highest BCUT2D eigenvalue weighted by Crippen LogP contribution is 2.20. The Hall–Kier alpha value is -2.04. The maximum atomic E-state index is 13.0. The van der Waals surface area contributed by atoms with E-state index < -0.39 is 11.8 Å². The van der Waals surface area contributed by atoms with Crippen molar-refractivity contribution in [2.45, 2.75) is 0 Å². The first kappa shape index (κ1) is 13.0. The molecule has 1 rings (SSSR count). The van der Waals surface area contributed by atoms with Crippen LogP contribution in [0.4, 0.5) is 4.39 Å². The number of carbonyl (C=O) groups is 1. The van der Waals surface area contributed by atoms with Crippen molar-refractivity contribution < 1.29 is 13.9 Å². The van der Waals surface area contributed by atoms with Gasteiger partial charge in [-0.05, 0) is 35.4 Å². The van der Waals surface area contributed by atoms with Gasteiger partial charge in [0.15, 0.2) is 0 Å². The Labute approximate surface area is 101 Å². The molecule has 17 heavy (non-hydrogen) atoms. The highest BCUT2D eigenvalue weighted by atomic mass is 35.5. The normalized spacial score (nSPS) is 10.6. The highest BCUT2D eigenvalue weighted by molar-refractivity contribution is 6.32. The van der Waals surface area contributed by atoms with Gasteiger partial charge in [-0.25, -0.2) is 9.18 Å². The summed E-state index contributed by atoms with van der Waals surface area (Å²) in [6, 6.07) is 3.61. The van der Waals surface area contributed by atoms with Gasteiger partial charge in [0.2, 0.25) is 0 Å². The third-order valence-corrected chi connectivity index (χ3v) is 2.14. The zero-order valence-electron chi connectivity index (χ0n) is 8.72. The molecule has 7 heteroatoms. The maximum absolute atomic E-state index is 13.0. The van der Waals surface area contributed by atoms with Gasteiger partial charge in [-0.15, -0.1) is 0 Å². The van der Waals surface area contributed by atoms with Crippen LogP contribution in [0.2, 0.25) is 5.02 Å². The van der Waals surface area contributed by atoms with Gasteiger partial charge in [0, 0.05) is 9.93 Å². The molecule has 0 saturated carbocycles. The number of carbonyl (C=O) groups excluding carboxylic acids is 1. The molecule has 0 atom stereocenters. The molecule has 0 spiro atoms. The van der Waals surface area contributed by atoms with Crippen molar-refractivity contribution in [2.24, 2.45) is 5.11 Å². The number of hydrogen-bond acceptors (Lipinski definition) is 3. The first-order valence-electron chi connectivity index (χ1n) is 4.38. The van der Waals surface area contributed by atoms with E-state index in [0.29, 0.717) is 0 Å². The second-order valence-corrected chi connectivity index (χ2v) is 3.28. The van der Waals surface area contributed by atoms with Crippen molar-refractivity contribution in [3.63, 3.8) is 0 Å². The van der Waals surface area contributed by atoms with Gasteiger partial charge in [-0.3, -0.25) is 0 Å². The first-order chi connectivity index (χ1) is 8.08. The van der Waals surface area contributed by atoms with Crippen LogP contribution in [0.5, 0.6) is 0 Å². The molecule has 0 radical (unpaired) electrons. The molecule has 0 heterocycles. The Bertz CT molecular complexity index is 524. The van der Waals surface area contributed by atoms with Crippen molar-refractivity contribution in [3.05, 3.63) is 50.7 Å². The fourth-order valence-electron chi connectivity index (χ4n) is 1.05. The van der Waals surface area contributed by atoms with Crippen LogP contribution in [-0.4, -0.2) is 13.1 Å². The number of nitrogens with zero attached hydrogens (tertiary/aromatic N) is 3. The first-order valence-corrected chi connectivity index (χ1v) is 4.76. The number of azide groups is 1. The van der Waals surface area contributed by atoms with Gasteiger partial charge >= 0.3 is 5.97 Å². The average molecular weight is 256 g/mol. The molecule has 5 nitrogen and oxygen atoms in total. The number of methoxy groups -OCH3 is 1. The van der Waals surface area contributed by atoms with Crippen LogP contribution >= 0.6 is 11.6 Å². The number of halogens is 2. The van der Waals surface area contributed by atoms with Crippen LogP contribution in [0.25, 0.3) is 16.5 Å². The standard InChI is InChI=1S/C10H7ClFN3O2/c1-17-10(16)9(14-15-13)5-6-4-7(12)2-3-8(6)11/h2-5H,1H3/b9-5-. The van der Waals surface area contributed by atoms with Crippen LogP contribution in [0.3, 0.4) is 0 Å². The summed E-state index contributed by atoms with van der Waals surface area (Å²) in [5.41, 5.74) is 8.20. The summed E-state index contributed by atoms with van der Waals surface area (Å²) in [5.74, 6) is -1.35. The summed E-state index contributed by atoms with van der Waals surface area (Å²) in [4.78, 5) is 13.7. The lowest BCUT2D eigenvalue weighted by molar-refractivity contribution is -0.136. The fraction of sp³-hybridized carbons (Fsp3) is 0.100. The molecule has 1 aromatic rings. The van der Waals surface area contributed by atoms with Gasteiger partial charge in [0.05, 0.1) is 7.11 Å². The van der Waals surface area contributed by atoms with Crippen LogP contribution in [0, 0.1) is 5.82 Å². The Balaban J connectivity index is 3.25. The second-order valence-electron chi connectivity index (χ2n) is 2.88. The zero-order valence-corrected chi connectivity index (χ0v) is 9.48. The lowest BCUT2D eigenvalue weighted by Crippen LogP contribution is -2.02. The molecule has 0 amide bonds. The van der Waals surface area contributed by atoms with E-state index in [0.717, 1.165) is 19.3 Å². The highest BCUT2D eigenvalue weighted by Gasteiger charge is 2.09. The molecule has 0 aliphatic heterocycles. The number of ether oxygens (including phenoxy) is 1. The van der Waals surface area contributed by atoms with Crippen molar-refractivity contribution in [2.75, 3.05) is 7.11 Å². The molecule has 0 saturated heterocycles. The fourth-order valence-corrected chi connectivity index (χ4v) is 1.23. The molecule has 1 aromatic carbocycles. The van der Waals surface area contributed by atoms with E-state index in [9.17, 15) is 9.18 Å². The predicted octanol–water partition coefficient (Wildman–Crippen LogP) is 3.30. The van der Waals surface area contributed by atoms with Crippen molar-refractivity contribution >= 4 is 23.6 Å². The van der Waals surface area contributed by atoms with Gasteiger partial charge in [0.25, 0.3) is 0 Å². The number of benzene rings is 1. The summed E-state index contributed by atoms with van der Waals surface area (Å²) in [5, 5.41) is 3.37. The molecule has 0 fully saturated rings. The minimum atomic E-state index is -0.830. The van der Waals surface area contributed by atoms with Crippen LogP contribution in [-0.2, 0) is 9.53 Å². The monoisotopic (exact) mass is 255 g/mol. The largest absolute Gasteiger partial charge is 0.466 e. The van der Waals surface area contributed by atoms with Crippen LogP contribution in [0.15, 0.2) is 29.0 Å². The number of rotatable bonds is 3. The molecule has 0 aliphatic carbocycles. The summed E-state index contributed by atoms with van der Waals surface area (Å²) < 4.78 is 17.4. The van der Waals surface area contributed by atoms with Gasteiger partial charge in [-0.1, -0.05) is 16.7 Å². The minimum absolute atomic E-state index is 0.222. The quantitative estimate of drug-likeness (QED) is 0.273. The Kier molecular flexibility index (Phi) is 4.51. The van der Waals surface area contributed by atoms with Gasteiger partial charge < -0.3 is 4.74 Å². The van der Waals surface area contributed by atoms with E-state index >= 15 is 0 Å². The predicted molar refractivity (Wildman–Crippen MR) is 60.5 cm³/mol. The zero-order chi connectivity index (χ0) is 12.8. The summed E-state index contributed by atoms with van der Waals surface area (Å²) >= 11 is 5.79. The SMILES string of the molecule is COC(=O)/C(=C/c1cc(F)ccc1Cl)N=[N+]=[N-]. The number of esters is 1. The molecule has 0 aliphatic rings. The Morgan fingerprint density at radius 3 is 2.94 bits per heavy atom. The molecular weight excluding hydrogens is 249 g/mol. The summed E-state index contributed by atoms with van der Waals surface area (Å²) in [6.07, 6.45) is 1.15. The molecule has 0 bridgehead atoms. The Morgan fingerprint density at radius 1 is 1.65 bits per heavy atom. The molecule has 88 valence electrons. The lowest BCUT2D eigenvalue weighted by atomic mass is 10.2. The summed E-state index contributed by atoms with van der Waals surface area (Å²) in [6.45, 7) is 0. The van der Waals surface area contributed by atoms with E-state index in [1.165, 1.54) is 12.1 Å². The minimum Gasteiger partial charge on any atom is -0.466 e. The Morgan fingerprint density at radius 2 is 2.35 bits per heavy atom. The lowest BCUT2D eigenvalue weighted by Gasteiger charge is -2.01. The topological polar surface area (TPSA) is 75.1 Å². The average Bonchev–Trinajstić information content (AvgIpc) is 2.32. The van der Waals surface area contributed by atoms with E-state index in [2.05, 4.69) is 14.8 Å².